The number of carbonyl (C=O) groups is 2. The minimum atomic E-state index is -0.262. The predicted molar refractivity (Wildman–Crippen MR) is 136 cm³/mol. The van der Waals surface area contributed by atoms with Crippen molar-refractivity contribution in [3.63, 3.8) is 0 Å². The van der Waals surface area contributed by atoms with Crippen molar-refractivity contribution < 1.29 is 19.1 Å². The van der Waals surface area contributed by atoms with E-state index < -0.39 is 0 Å². The molecule has 2 atom stereocenters. The number of rotatable bonds is 7. The Morgan fingerprint density at radius 1 is 1.11 bits per heavy atom. The van der Waals surface area contributed by atoms with Crippen LogP contribution in [-0.2, 0) is 16.0 Å². The van der Waals surface area contributed by atoms with Gasteiger partial charge in [0.1, 0.15) is 0 Å². The van der Waals surface area contributed by atoms with Crippen LogP contribution in [0.1, 0.15) is 35.8 Å². The fourth-order valence-corrected chi connectivity index (χ4v) is 6.25. The monoisotopic (exact) mass is 493 g/mol. The molecule has 2 saturated heterocycles. The molecule has 35 heavy (non-hydrogen) atoms. The van der Waals surface area contributed by atoms with Crippen molar-refractivity contribution in [3.05, 3.63) is 53.0 Å². The summed E-state index contributed by atoms with van der Waals surface area (Å²) in [6.45, 7) is 2.53. The summed E-state index contributed by atoms with van der Waals surface area (Å²) in [4.78, 5) is 34.7. The normalized spacial score (nSPS) is 20.5. The molecule has 2 aliphatic rings. The molecule has 0 saturated carbocycles. The number of piperidine rings is 1. The van der Waals surface area contributed by atoms with E-state index in [9.17, 15) is 9.59 Å². The summed E-state index contributed by atoms with van der Waals surface area (Å²) < 4.78 is 11.9. The molecule has 2 amide bonds. The Kier molecular flexibility index (Phi) is 6.90. The van der Waals surface area contributed by atoms with E-state index in [1.165, 1.54) is 4.70 Å². The van der Waals surface area contributed by atoms with Crippen molar-refractivity contribution in [3.8, 4) is 11.5 Å². The maximum Gasteiger partial charge on any atom is 0.228 e. The van der Waals surface area contributed by atoms with Gasteiger partial charge in [0, 0.05) is 38.5 Å². The number of ether oxygens (including phenoxy) is 2. The molecule has 8 heteroatoms. The van der Waals surface area contributed by atoms with Crippen LogP contribution < -0.4 is 9.47 Å². The Labute approximate surface area is 209 Å². The molecule has 2 fully saturated rings. The third-order valence-electron chi connectivity index (χ3n) is 7.07. The molecule has 0 bridgehead atoms. The molecule has 0 radical (unpaired) electrons. The number of carbonyl (C=O) groups excluding carboxylic acids is 2. The first-order chi connectivity index (χ1) is 17.1. The Hall–Kier alpha value is -3.13. The molecular formula is C27H31N3O4S. The zero-order chi connectivity index (χ0) is 24.4. The second kappa shape index (κ2) is 10.2. The van der Waals surface area contributed by atoms with Crippen molar-refractivity contribution in [2.45, 2.75) is 31.6 Å². The van der Waals surface area contributed by atoms with Gasteiger partial charge in [-0.05, 0) is 49.1 Å². The fraction of sp³-hybridized carbons (Fsp3) is 0.444. The molecule has 0 unspecified atom stereocenters. The third kappa shape index (κ3) is 4.98. The molecule has 5 rings (SSSR count). The lowest BCUT2D eigenvalue weighted by Crippen LogP contribution is -2.43. The van der Waals surface area contributed by atoms with Crippen LogP contribution in [0.5, 0.6) is 11.5 Å². The number of thiazole rings is 1. The highest BCUT2D eigenvalue weighted by Gasteiger charge is 2.38. The highest BCUT2D eigenvalue weighted by Crippen LogP contribution is 2.34. The van der Waals surface area contributed by atoms with Gasteiger partial charge in [0.25, 0.3) is 0 Å². The lowest BCUT2D eigenvalue weighted by Gasteiger charge is -2.33. The molecule has 0 spiro atoms. The zero-order valence-electron chi connectivity index (χ0n) is 20.2. The first-order valence-electron chi connectivity index (χ1n) is 12.2. The van der Waals surface area contributed by atoms with Crippen molar-refractivity contribution in [1.82, 2.24) is 14.8 Å². The summed E-state index contributed by atoms with van der Waals surface area (Å²) in [5, 5.41) is 1.11. The summed E-state index contributed by atoms with van der Waals surface area (Å²) in [7, 11) is 3.23. The Morgan fingerprint density at radius 2 is 1.94 bits per heavy atom. The standard InChI is InChI=1S/C27H31N3O4S/c1-33-22-10-9-18(14-23(22)34-2)11-13-29-17-20(15-25(29)31)27(32)30-12-5-6-19(16-30)26-28-21-7-3-4-8-24(21)35-26/h3-4,7-10,14,19-20H,5-6,11-13,15-17H2,1-2H3/t19-,20-/m1/s1. The summed E-state index contributed by atoms with van der Waals surface area (Å²) >= 11 is 1.73. The van der Waals surface area contributed by atoms with Crippen molar-refractivity contribution in [1.29, 1.82) is 0 Å². The largest absolute Gasteiger partial charge is 0.493 e. The van der Waals surface area contributed by atoms with Crippen LogP contribution in [-0.4, -0.2) is 67.0 Å². The molecule has 2 aliphatic heterocycles. The Morgan fingerprint density at radius 3 is 2.74 bits per heavy atom. The van der Waals surface area contributed by atoms with E-state index >= 15 is 0 Å². The predicted octanol–water partition coefficient (Wildman–Crippen LogP) is 4.11. The molecule has 2 aromatic carbocycles. The summed E-state index contributed by atoms with van der Waals surface area (Å²) in [6.07, 6.45) is 3.02. The molecule has 184 valence electrons. The van der Waals surface area contributed by atoms with Crippen LogP contribution in [0.2, 0.25) is 0 Å². The molecule has 1 aromatic heterocycles. The van der Waals surface area contributed by atoms with E-state index in [0.29, 0.717) is 44.0 Å². The smallest absolute Gasteiger partial charge is 0.228 e. The van der Waals surface area contributed by atoms with Gasteiger partial charge in [-0.3, -0.25) is 9.59 Å². The number of para-hydroxylation sites is 1. The molecular weight excluding hydrogens is 462 g/mol. The van der Waals surface area contributed by atoms with E-state index in [2.05, 4.69) is 6.07 Å². The van der Waals surface area contributed by atoms with Gasteiger partial charge in [0.15, 0.2) is 11.5 Å². The maximum atomic E-state index is 13.4. The van der Waals surface area contributed by atoms with E-state index in [1.54, 1.807) is 25.6 Å². The van der Waals surface area contributed by atoms with E-state index in [1.807, 2.05) is 46.2 Å². The number of nitrogens with zero attached hydrogens (tertiary/aromatic N) is 3. The number of methoxy groups -OCH3 is 2. The minimum Gasteiger partial charge on any atom is -0.493 e. The first kappa shape index (κ1) is 23.6. The lowest BCUT2D eigenvalue weighted by atomic mass is 9.96. The van der Waals surface area contributed by atoms with Gasteiger partial charge < -0.3 is 19.3 Å². The van der Waals surface area contributed by atoms with Gasteiger partial charge >= 0.3 is 0 Å². The van der Waals surface area contributed by atoms with Gasteiger partial charge in [-0.25, -0.2) is 4.98 Å². The summed E-state index contributed by atoms with van der Waals surface area (Å²) in [6, 6.07) is 14.0. The maximum absolute atomic E-state index is 13.4. The fourth-order valence-electron chi connectivity index (χ4n) is 5.16. The van der Waals surface area contributed by atoms with Crippen molar-refractivity contribution in [2.75, 3.05) is 40.4 Å². The highest BCUT2D eigenvalue weighted by atomic mass is 32.1. The second-order valence-electron chi connectivity index (χ2n) is 9.32. The molecule has 7 nitrogen and oxygen atoms in total. The summed E-state index contributed by atoms with van der Waals surface area (Å²) in [5.41, 5.74) is 2.10. The number of hydrogen-bond donors (Lipinski definition) is 0. The molecule has 3 heterocycles. The molecule has 3 aromatic rings. The number of likely N-dealkylation sites (tertiary alicyclic amines) is 2. The van der Waals surface area contributed by atoms with Crippen molar-refractivity contribution in [2.24, 2.45) is 5.92 Å². The van der Waals surface area contributed by atoms with Crippen LogP contribution in [0.15, 0.2) is 42.5 Å². The van der Waals surface area contributed by atoms with Gasteiger partial charge in [-0.15, -0.1) is 11.3 Å². The first-order valence-corrected chi connectivity index (χ1v) is 13.0. The van der Waals surface area contributed by atoms with Crippen LogP contribution in [0.4, 0.5) is 0 Å². The van der Waals surface area contributed by atoms with Crippen LogP contribution in [0.25, 0.3) is 10.2 Å². The third-order valence-corrected chi connectivity index (χ3v) is 8.27. The number of benzene rings is 2. The highest BCUT2D eigenvalue weighted by molar-refractivity contribution is 7.18. The van der Waals surface area contributed by atoms with Crippen molar-refractivity contribution >= 4 is 33.4 Å². The average molecular weight is 494 g/mol. The van der Waals surface area contributed by atoms with Crippen LogP contribution >= 0.6 is 11.3 Å². The molecule has 0 aliphatic carbocycles. The van der Waals surface area contributed by atoms with Gasteiger partial charge in [0.05, 0.1) is 35.4 Å². The van der Waals surface area contributed by atoms with Crippen LogP contribution in [0, 0.1) is 5.92 Å². The number of aromatic nitrogens is 1. The lowest BCUT2D eigenvalue weighted by molar-refractivity contribution is -0.137. The number of hydrogen-bond acceptors (Lipinski definition) is 6. The molecule has 0 N–H and O–H groups in total. The van der Waals surface area contributed by atoms with Gasteiger partial charge in [-0.2, -0.15) is 0 Å². The minimum absolute atomic E-state index is 0.0589. The number of amides is 2. The Balaban J connectivity index is 1.19. The SMILES string of the molecule is COc1ccc(CCN2C[C@H](C(=O)N3CCC[C@@H](c4nc5ccccc5s4)C3)CC2=O)cc1OC. The Bertz CT molecular complexity index is 1190. The zero-order valence-corrected chi connectivity index (χ0v) is 21.1. The topological polar surface area (TPSA) is 72.0 Å². The number of fused-ring (bicyclic) bond motifs is 1. The van der Waals surface area contributed by atoms with E-state index in [0.717, 1.165) is 35.5 Å². The summed E-state index contributed by atoms with van der Waals surface area (Å²) in [5.74, 6) is 1.54. The average Bonchev–Trinajstić information content (AvgIpc) is 3.50. The second-order valence-corrected chi connectivity index (χ2v) is 10.4. The van der Waals surface area contributed by atoms with E-state index in [4.69, 9.17) is 14.5 Å². The van der Waals surface area contributed by atoms with Crippen LogP contribution in [0.3, 0.4) is 0 Å². The van der Waals surface area contributed by atoms with E-state index in [-0.39, 0.29) is 23.7 Å². The van der Waals surface area contributed by atoms with Gasteiger partial charge in [0.2, 0.25) is 11.8 Å². The quantitative estimate of drug-likeness (QED) is 0.495. The van der Waals surface area contributed by atoms with Gasteiger partial charge in [-0.1, -0.05) is 18.2 Å².